The van der Waals surface area contributed by atoms with E-state index in [1.165, 1.54) is 0 Å². The van der Waals surface area contributed by atoms with Crippen LogP contribution in [0.3, 0.4) is 0 Å². The molecule has 0 saturated heterocycles. The quantitative estimate of drug-likeness (QED) is 0.554. The molecule has 0 heterocycles. The van der Waals surface area contributed by atoms with Crippen LogP contribution in [-0.4, -0.2) is 0 Å². The van der Waals surface area contributed by atoms with Crippen LogP contribution in [0.1, 0.15) is 31.9 Å². The summed E-state index contributed by atoms with van der Waals surface area (Å²) in [6.07, 6.45) is 0. The Kier molecular flexibility index (Phi) is 2.22. The van der Waals surface area contributed by atoms with Gasteiger partial charge in [0.1, 0.15) is 5.82 Å². The van der Waals surface area contributed by atoms with E-state index < -0.39 is 0 Å². The smallest absolute Gasteiger partial charge is 0.123 e. The molecule has 0 fully saturated rings. The van der Waals surface area contributed by atoms with Crippen LogP contribution in [0.25, 0.3) is 0 Å². The van der Waals surface area contributed by atoms with Gasteiger partial charge in [-0.3, -0.25) is 0 Å². The SMILES string of the molecule is Cc1cc(F)cc(C(C)(C)C)c1. The van der Waals surface area contributed by atoms with Crippen LogP contribution in [0.2, 0.25) is 0 Å². The fourth-order valence-corrected chi connectivity index (χ4v) is 1.17. The highest BCUT2D eigenvalue weighted by Crippen LogP contribution is 2.23. The van der Waals surface area contributed by atoms with Gasteiger partial charge in [-0.25, -0.2) is 4.39 Å². The molecule has 0 nitrogen and oxygen atoms in total. The molecule has 0 aliphatic carbocycles. The molecule has 0 unspecified atom stereocenters. The Morgan fingerprint density at radius 3 is 2.08 bits per heavy atom. The number of aryl methyl sites for hydroxylation is 1. The van der Waals surface area contributed by atoms with Crippen molar-refractivity contribution in [2.24, 2.45) is 0 Å². The van der Waals surface area contributed by atoms with Crippen molar-refractivity contribution in [1.29, 1.82) is 0 Å². The highest BCUT2D eigenvalue weighted by atomic mass is 19.1. The van der Waals surface area contributed by atoms with Gasteiger partial charge in [-0.15, -0.1) is 0 Å². The summed E-state index contributed by atoms with van der Waals surface area (Å²) in [4.78, 5) is 0. The molecule has 1 rings (SSSR count). The third kappa shape index (κ3) is 2.07. The van der Waals surface area contributed by atoms with Crippen LogP contribution < -0.4 is 0 Å². The van der Waals surface area contributed by atoms with Crippen molar-refractivity contribution in [3.8, 4) is 0 Å². The molecule has 0 amide bonds. The molecule has 0 aliphatic rings. The van der Waals surface area contributed by atoms with E-state index >= 15 is 0 Å². The Bertz CT molecular complexity index is 261. The number of halogens is 1. The number of rotatable bonds is 0. The predicted molar refractivity (Wildman–Crippen MR) is 49.8 cm³/mol. The van der Waals surface area contributed by atoms with Gasteiger partial charge >= 0.3 is 0 Å². The van der Waals surface area contributed by atoms with Gasteiger partial charge in [-0.2, -0.15) is 0 Å². The summed E-state index contributed by atoms with van der Waals surface area (Å²) in [5.41, 5.74) is 2.08. The summed E-state index contributed by atoms with van der Waals surface area (Å²) in [5, 5.41) is 0. The van der Waals surface area contributed by atoms with Gasteiger partial charge in [0.05, 0.1) is 0 Å². The molecule has 0 radical (unpaired) electrons. The first-order valence-electron chi connectivity index (χ1n) is 4.17. The molecule has 0 aliphatic heterocycles. The summed E-state index contributed by atoms with van der Waals surface area (Å²) in [6, 6.07) is 5.19. The fraction of sp³-hybridized carbons (Fsp3) is 0.455. The van der Waals surface area contributed by atoms with E-state index in [2.05, 4.69) is 20.8 Å². The lowest BCUT2D eigenvalue weighted by molar-refractivity contribution is 0.571. The molecule has 0 spiro atoms. The Morgan fingerprint density at radius 2 is 1.67 bits per heavy atom. The first kappa shape index (κ1) is 9.24. The molecular weight excluding hydrogens is 151 g/mol. The van der Waals surface area contributed by atoms with Gasteiger partial charge < -0.3 is 0 Å². The number of hydrogen-bond acceptors (Lipinski definition) is 0. The largest absolute Gasteiger partial charge is 0.207 e. The molecule has 0 bridgehead atoms. The van der Waals surface area contributed by atoms with Gasteiger partial charge in [-0.05, 0) is 35.6 Å². The molecule has 66 valence electrons. The first-order valence-corrected chi connectivity index (χ1v) is 4.17. The van der Waals surface area contributed by atoms with E-state index in [0.717, 1.165) is 11.1 Å². The lowest BCUT2D eigenvalue weighted by Crippen LogP contribution is -2.11. The fourth-order valence-electron chi connectivity index (χ4n) is 1.17. The van der Waals surface area contributed by atoms with Gasteiger partial charge in [-0.1, -0.05) is 26.8 Å². The summed E-state index contributed by atoms with van der Waals surface area (Å²) in [6.45, 7) is 8.17. The van der Waals surface area contributed by atoms with E-state index in [1.807, 2.05) is 13.0 Å². The van der Waals surface area contributed by atoms with Crippen molar-refractivity contribution in [2.45, 2.75) is 33.1 Å². The van der Waals surface area contributed by atoms with Gasteiger partial charge in [0, 0.05) is 0 Å². The van der Waals surface area contributed by atoms with E-state index in [1.54, 1.807) is 12.1 Å². The molecule has 1 heteroatoms. The molecule has 12 heavy (non-hydrogen) atoms. The van der Waals surface area contributed by atoms with Gasteiger partial charge in [0.25, 0.3) is 0 Å². The first-order chi connectivity index (χ1) is 5.39. The van der Waals surface area contributed by atoms with Crippen molar-refractivity contribution in [2.75, 3.05) is 0 Å². The maximum atomic E-state index is 13.0. The standard InChI is InChI=1S/C11H15F/c1-8-5-9(11(2,3)4)7-10(12)6-8/h5-7H,1-4H3. The lowest BCUT2D eigenvalue weighted by Gasteiger charge is -2.19. The minimum absolute atomic E-state index is 0.0346. The third-order valence-corrected chi connectivity index (χ3v) is 1.91. The molecule has 1 aromatic rings. The summed E-state index contributed by atoms with van der Waals surface area (Å²) in [5.74, 6) is -0.139. The van der Waals surface area contributed by atoms with Gasteiger partial charge in [0.15, 0.2) is 0 Å². The number of hydrogen-bond donors (Lipinski definition) is 0. The van der Waals surface area contributed by atoms with Crippen molar-refractivity contribution in [1.82, 2.24) is 0 Å². The van der Waals surface area contributed by atoms with Crippen molar-refractivity contribution >= 4 is 0 Å². The van der Waals surface area contributed by atoms with Crippen LogP contribution in [0, 0.1) is 12.7 Å². The Hall–Kier alpha value is -0.850. The maximum absolute atomic E-state index is 13.0. The minimum atomic E-state index is -0.139. The summed E-state index contributed by atoms with van der Waals surface area (Å²) in [7, 11) is 0. The zero-order valence-corrected chi connectivity index (χ0v) is 8.11. The molecule has 0 N–H and O–H groups in total. The van der Waals surface area contributed by atoms with E-state index in [9.17, 15) is 4.39 Å². The van der Waals surface area contributed by atoms with Crippen LogP contribution in [0.4, 0.5) is 4.39 Å². The Morgan fingerprint density at radius 1 is 1.08 bits per heavy atom. The van der Waals surface area contributed by atoms with Gasteiger partial charge in [0.2, 0.25) is 0 Å². The van der Waals surface area contributed by atoms with Crippen LogP contribution in [-0.2, 0) is 5.41 Å². The highest BCUT2D eigenvalue weighted by Gasteiger charge is 2.14. The third-order valence-electron chi connectivity index (χ3n) is 1.91. The normalized spacial score (nSPS) is 11.8. The summed E-state index contributed by atoms with van der Waals surface area (Å²) >= 11 is 0. The average molecular weight is 166 g/mol. The lowest BCUT2D eigenvalue weighted by atomic mass is 9.86. The van der Waals surface area contributed by atoms with Crippen LogP contribution in [0.5, 0.6) is 0 Å². The minimum Gasteiger partial charge on any atom is -0.207 e. The van der Waals surface area contributed by atoms with Crippen LogP contribution >= 0.6 is 0 Å². The molecule has 1 aromatic carbocycles. The van der Waals surface area contributed by atoms with E-state index in [4.69, 9.17) is 0 Å². The Balaban J connectivity index is 3.18. The second kappa shape index (κ2) is 2.89. The highest BCUT2D eigenvalue weighted by molar-refractivity contribution is 5.28. The van der Waals surface area contributed by atoms with Crippen molar-refractivity contribution < 1.29 is 4.39 Å². The second-order valence-corrected chi connectivity index (χ2v) is 4.27. The van der Waals surface area contributed by atoms with E-state index in [-0.39, 0.29) is 11.2 Å². The summed E-state index contributed by atoms with van der Waals surface area (Å²) < 4.78 is 13.0. The molecule has 0 saturated carbocycles. The van der Waals surface area contributed by atoms with E-state index in [0.29, 0.717) is 0 Å². The molecular formula is C11H15F. The molecule has 0 aromatic heterocycles. The number of benzene rings is 1. The Labute approximate surface area is 73.4 Å². The second-order valence-electron chi connectivity index (χ2n) is 4.27. The van der Waals surface area contributed by atoms with Crippen molar-refractivity contribution in [3.05, 3.63) is 35.1 Å². The average Bonchev–Trinajstić information content (AvgIpc) is 1.82. The predicted octanol–water partition coefficient (Wildman–Crippen LogP) is 3.43. The molecule has 0 atom stereocenters. The topological polar surface area (TPSA) is 0 Å². The zero-order chi connectivity index (χ0) is 9.35. The van der Waals surface area contributed by atoms with Crippen LogP contribution in [0.15, 0.2) is 18.2 Å². The monoisotopic (exact) mass is 166 g/mol. The zero-order valence-electron chi connectivity index (χ0n) is 8.11. The van der Waals surface area contributed by atoms with Crippen molar-refractivity contribution in [3.63, 3.8) is 0 Å². The maximum Gasteiger partial charge on any atom is 0.123 e.